The average Bonchev–Trinajstić information content (AvgIpc) is 3.32. The quantitative estimate of drug-likeness (QED) is 0.279. The molecule has 1 atom stereocenters. The van der Waals surface area contributed by atoms with Gasteiger partial charge in [0.1, 0.15) is 11.5 Å². The fraction of sp³-hybridized carbons (Fsp3) is 0.417. The second-order valence-electron chi connectivity index (χ2n) is 7.94. The molecular weight excluding hydrogens is 414 g/mol. The molecule has 3 rings (SSSR count). The Morgan fingerprint density at radius 1 is 1.26 bits per heavy atom. The van der Waals surface area contributed by atoms with Crippen LogP contribution >= 0.6 is 11.3 Å². The minimum atomic E-state index is -0.679. The molecule has 1 N–H and O–H groups in total. The van der Waals surface area contributed by atoms with Crippen molar-refractivity contribution in [3.8, 4) is 5.75 Å². The van der Waals surface area contributed by atoms with Crippen molar-refractivity contribution in [2.45, 2.75) is 46.3 Å². The van der Waals surface area contributed by atoms with E-state index in [4.69, 9.17) is 9.47 Å². The summed E-state index contributed by atoms with van der Waals surface area (Å²) in [7, 11) is 1.53. The molecule has 1 fully saturated rings. The number of Topliss-reactive ketones (excluding diaryl/α,β-unsaturated/α-hetero) is 1. The van der Waals surface area contributed by atoms with Gasteiger partial charge in [-0.3, -0.25) is 9.59 Å². The van der Waals surface area contributed by atoms with Crippen LogP contribution in [0.2, 0.25) is 0 Å². The standard InChI is InChI=1S/C24H29NO5S/c1-14(2)30-10-7-9-25-20(18-8-6-11-31-18)19(22(27)24(25)28)21(26)17-13-15(3)12-16(4)23(17)29-5/h6,8,11-14,20,26H,7,9-10H2,1-5H3/b21-19-. The zero-order valence-electron chi connectivity index (χ0n) is 18.6. The Hall–Kier alpha value is -2.64. The Morgan fingerprint density at radius 3 is 2.61 bits per heavy atom. The van der Waals surface area contributed by atoms with Gasteiger partial charge in [0, 0.05) is 18.0 Å². The molecule has 0 bridgehead atoms. The van der Waals surface area contributed by atoms with E-state index in [0.717, 1.165) is 16.0 Å². The summed E-state index contributed by atoms with van der Waals surface area (Å²) in [6, 6.07) is 6.84. The van der Waals surface area contributed by atoms with Crippen LogP contribution in [0.5, 0.6) is 5.75 Å². The molecule has 0 spiro atoms. The van der Waals surface area contributed by atoms with E-state index in [1.54, 1.807) is 11.0 Å². The molecule has 0 radical (unpaired) electrons. The van der Waals surface area contributed by atoms with Crippen LogP contribution in [-0.2, 0) is 14.3 Å². The number of hydrogen-bond acceptors (Lipinski definition) is 6. The van der Waals surface area contributed by atoms with Crippen LogP contribution in [-0.4, -0.2) is 48.1 Å². The lowest BCUT2D eigenvalue weighted by Gasteiger charge is -2.24. The summed E-state index contributed by atoms with van der Waals surface area (Å²) in [6.45, 7) is 8.55. The molecule has 1 aliphatic rings. The lowest BCUT2D eigenvalue weighted by Crippen LogP contribution is -2.31. The average molecular weight is 444 g/mol. The van der Waals surface area contributed by atoms with Crippen molar-refractivity contribution in [3.05, 3.63) is 56.8 Å². The molecule has 1 unspecified atom stereocenters. The third kappa shape index (κ3) is 4.67. The van der Waals surface area contributed by atoms with Crippen molar-refractivity contribution >= 4 is 28.8 Å². The lowest BCUT2D eigenvalue weighted by atomic mass is 9.96. The number of benzene rings is 1. The van der Waals surface area contributed by atoms with Gasteiger partial charge in [0.25, 0.3) is 11.7 Å². The Balaban J connectivity index is 2.08. The zero-order valence-corrected chi connectivity index (χ0v) is 19.4. The zero-order chi connectivity index (χ0) is 22.7. The highest BCUT2D eigenvalue weighted by atomic mass is 32.1. The highest BCUT2D eigenvalue weighted by Crippen LogP contribution is 2.43. The molecule has 2 aromatic rings. The SMILES string of the molecule is COc1c(C)cc(C)cc1/C(O)=C1/C(=O)C(=O)N(CCCOC(C)C)C1c1cccs1. The number of aliphatic hydroxyl groups is 1. The van der Waals surface area contributed by atoms with Crippen LogP contribution < -0.4 is 4.74 Å². The van der Waals surface area contributed by atoms with Crippen LogP contribution in [0.1, 0.15) is 47.9 Å². The molecular formula is C24H29NO5S. The number of carbonyl (C=O) groups is 2. The van der Waals surface area contributed by atoms with Crippen LogP contribution in [0, 0.1) is 13.8 Å². The maximum Gasteiger partial charge on any atom is 0.295 e. The number of methoxy groups -OCH3 is 1. The van der Waals surface area contributed by atoms with Crippen LogP contribution in [0.15, 0.2) is 35.2 Å². The Morgan fingerprint density at radius 2 is 2.00 bits per heavy atom. The van der Waals surface area contributed by atoms with Crippen molar-refractivity contribution in [3.63, 3.8) is 0 Å². The number of ether oxygens (including phenoxy) is 2. The number of aliphatic hydroxyl groups excluding tert-OH is 1. The van der Waals surface area contributed by atoms with E-state index < -0.39 is 17.7 Å². The number of aryl methyl sites for hydroxylation is 2. The van der Waals surface area contributed by atoms with E-state index >= 15 is 0 Å². The molecule has 1 aromatic heterocycles. The number of hydrogen-bond donors (Lipinski definition) is 1. The number of nitrogens with zero attached hydrogens (tertiary/aromatic N) is 1. The second-order valence-corrected chi connectivity index (χ2v) is 8.92. The van der Waals surface area contributed by atoms with E-state index in [9.17, 15) is 14.7 Å². The first-order valence-corrected chi connectivity index (χ1v) is 11.2. The molecule has 7 heteroatoms. The first kappa shape index (κ1) is 23.0. The van der Waals surface area contributed by atoms with Gasteiger partial charge < -0.3 is 19.5 Å². The maximum absolute atomic E-state index is 13.1. The minimum Gasteiger partial charge on any atom is -0.507 e. The first-order valence-electron chi connectivity index (χ1n) is 10.3. The largest absolute Gasteiger partial charge is 0.507 e. The van der Waals surface area contributed by atoms with E-state index in [2.05, 4.69) is 0 Å². The molecule has 2 heterocycles. The minimum absolute atomic E-state index is 0.0977. The molecule has 1 aromatic carbocycles. The molecule has 1 saturated heterocycles. The molecule has 6 nitrogen and oxygen atoms in total. The molecule has 1 amide bonds. The topological polar surface area (TPSA) is 76.1 Å². The van der Waals surface area contributed by atoms with Crippen molar-refractivity contribution in [2.75, 3.05) is 20.3 Å². The highest BCUT2D eigenvalue weighted by Gasteiger charge is 2.46. The summed E-state index contributed by atoms with van der Waals surface area (Å²) in [5.41, 5.74) is 2.28. The van der Waals surface area contributed by atoms with Crippen LogP contribution in [0.3, 0.4) is 0 Å². The number of carbonyl (C=O) groups excluding carboxylic acids is 2. The summed E-state index contributed by atoms with van der Waals surface area (Å²) >= 11 is 1.45. The van der Waals surface area contributed by atoms with Gasteiger partial charge in [0.2, 0.25) is 0 Å². The van der Waals surface area contributed by atoms with Crippen molar-refractivity contribution < 1.29 is 24.2 Å². The van der Waals surface area contributed by atoms with Crippen LogP contribution in [0.4, 0.5) is 0 Å². The van der Waals surface area contributed by atoms with E-state index in [1.807, 2.05) is 51.3 Å². The fourth-order valence-electron chi connectivity index (χ4n) is 3.95. The summed E-state index contributed by atoms with van der Waals surface area (Å²) in [5.74, 6) is -0.999. The van der Waals surface area contributed by atoms with Gasteiger partial charge in [0.15, 0.2) is 0 Å². The molecule has 31 heavy (non-hydrogen) atoms. The number of rotatable bonds is 8. The number of ketones is 1. The van der Waals surface area contributed by atoms with Gasteiger partial charge in [-0.25, -0.2) is 0 Å². The predicted octanol–water partition coefficient (Wildman–Crippen LogP) is 4.61. The summed E-state index contributed by atoms with van der Waals surface area (Å²) in [6.07, 6.45) is 0.695. The van der Waals surface area contributed by atoms with Gasteiger partial charge in [0.05, 0.1) is 30.4 Å². The number of thiophene rings is 1. The van der Waals surface area contributed by atoms with Gasteiger partial charge in [-0.15, -0.1) is 11.3 Å². The molecule has 1 aliphatic heterocycles. The lowest BCUT2D eigenvalue weighted by molar-refractivity contribution is -0.140. The van der Waals surface area contributed by atoms with Gasteiger partial charge in [-0.1, -0.05) is 12.1 Å². The summed E-state index contributed by atoms with van der Waals surface area (Å²) < 4.78 is 11.1. The fourth-order valence-corrected chi connectivity index (χ4v) is 4.80. The van der Waals surface area contributed by atoms with Gasteiger partial charge >= 0.3 is 0 Å². The van der Waals surface area contributed by atoms with Crippen molar-refractivity contribution in [1.82, 2.24) is 4.90 Å². The van der Waals surface area contributed by atoms with E-state index in [1.165, 1.54) is 18.4 Å². The van der Waals surface area contributed by atoms with E-state index in [-0.39, 0.29) is 17.4 Å². The number of likely N-dealkylation sites (tertiary alicyclic amines) is 1. The van der Waals surface area contributed by atoms with Crippen molar-refractivity contribution in [2.24, 2.45) is 0 Å². The maximum atomic E-state index is 13.1. The third-order valence-electron chi connectivity index (χ3n) is 5.23. The first-order chi connectivity index (χ1) is 14.8. The monoisotopic (exact) mass is 443 g/mol. The molecule has 0 aliphatic carbocycles. The Kier molecular flexibility index (Phi) is 7.18. The molecule has 166 valence electrons. The number of amides is 1. The van der Waals surface area contributed by atoms with E-state index in [0.29, 0.717) is 30.9 Å². The van der Waals surface area contributed by atoms with Gasteiger partial charge in [-0.2, -0.15) is 0 Å². The molecule has 0 saturated carbocycles. The highest BCUT2D eigenvalue weighted by molar-refractivity contribution is 7.10. The Labute approximate surface area is 187 Å². The normalized spacial score (nSPS) is 18.3. The van der Waals surface area contributed by atoms with Gasteiger partial charge in [-0.05, 0) is 62.8 Å². The summed E-state index contributed by atoms with van der Waals surface area (Å²) in [4.78, 5) is 28.4. The smallest absolute Gasteiger partial charge is 0.295 e. The van der Waals surface area contributed by atoms with Crippen LogP contribution in [0.25, 0.3) is 5.76 Å². The second kappa shape index (κ2) is 9.66. The Bertz CT molecular complexity index is 994. The third-order valence-corrected chi connectivity index (χ3v) is 6.15. The van der Waals surface area contributed by atoms with Crippen molar-refractivity contribution in [1.29, 1.82) is 0 Å². The summed E-state index contributed by atoms with van der Waals surface area (Å²) in [5, 5.41) is 13.2. The predicted molar refractivity (Wildman–Crippen MR) is 122 cm³/mol.